The first-order valence-electron chi connectivity index (χ1n) is 3.70. The molecule has 0 spiro atoms. The first-order chi connectivity index (χ1) is 6.16. The molecule has 0 radical (unpaired) electrons. The number of methoxy groups -OCH3 is 1. The van der Waals surface area contributed by atoms with Gasteiger partial charge in [-0.15, -0.1) is 0 Å². The van der Waals surface area contributed by atoms with Gasteiger partial charge in [-0.1, -0.05) is 21.6 Å². The summed E-state index contributed by atoms with van der Waals surface area (Å²) in [7, 11) is 4.31. The molecule has 0 fully saturated rings. The molecule has 0 amide bonds. The molecule has 0 aliphatic rings. The Hall–Kier alpha value is -0.360. The summed E-state index contributed by atoms with van der Waals surface area (Å²) >= 11 is 0. The van der Waals surface area contributed by atoms with Crippen molar-refractivity contribution in [1.29, 1.82) is 0 Å². The van der Waals surface area contributed by atoms with Gasteiger partial charge in [-0.2, -0.15) is 0 Å². The fraction of sp³-hybridized carbons (Fsp3) is 0.714. The van der Waals surface area contributed by atoms with Crippen molar-refractivity contribution >= 4 is 33.5 Å². The molecule has 0 atom stereocenters. The summed E-state index contributed by atoms with van der Waals surface area (Å²) in [6.07, 6.45) is 0.539. The van der Waals surface area contributed by atoms with E-state index in [2.05, 4.69) is 4.74 Å². The third-order valence-corrected chi connectivity index (χ3v) is 3.51. The average Bonchev–Trinajstić information content (AvgIpc) is 2.10. The highest BCUT2D eigenvalue weighted by Gasteiger charge is 2.00. The zero-order valence-corrected chi connectivity index (χ0v) is 8.95. The van der Waals surface area contributed by atoms with Crippen molar-refractivity contribution in [2.45, 2.75) is 12.8 Å². The van der Waals surface area contributed by atoms with Gasteiger partial charge in [-0.05, 0) is 0 Å². The second-order valence-electron chi connectivity index (χ2n) is 2.11. The molecule has 1 N–H and O–H groups in total. The van der Waals surface area contributed by atoms with Gasteiger partial charge in [0.1, 0.15) is 0 Å². The van der Waals surface area contributed by atoms with Gasteiger partial charge in [0.15, 0.2) is 0 Å². The Bertz CT molecular complexity index is 172. The van der Waals surface area contributed by atoms with Gasteiger partial charge in [-0.3, -0.25) is 9.59 Å². The molecule has 0 rings (SSSR count). The van der Waals surface area contributed by atoms with Crippen LogP contribution in [0.1, 0.15) is 12.8 Å². The van der Waals surface area contributed by atoms with Gasteiger partial charge in [0, 0.05) is 11.5 Å². The predicted molar refractivity (Wildman–Crippen MR) is 53.8 cm³/mol. The summed E-state index contributed by atoms with van der Waals surface area (Å²) in [5.74, 6) is 0.213. The number of hydrogen-bond acceptors (Lipinski definition) is 5. The normalized spacial score (nSPS) is 9.62. The van der Waals surface area contributed by atoms with Crippen molar-refractivity contribution in [1.82, 2.24) is 0 Å². The Morgan fingerprint density at radius 1 is 1.23 bits per heavy atom. The minimum atomic E-state index is -0.791. The van der Waals surface area contributed by atoms with E-state index < -0.39 is 5.97 Å². The van der Waals surface area contributed by atoms with E-state index in [0.29, 0.717) is 17.9 Å². The number of carbonyl (C=O) groups excluding carboxylic acids is 1. The highest BCUT2D eigenvalue weighted by atomic mass is 33.1. The van der Waals surface area contributed by atoms with E-state index in [0.717, 1.165) is 0 Å². The van der Waals surface area contributed by atoms with Crippen molar-refractivity contribution in [3.8, 4) is 0 Å². The lowest BCUT2D eigenvalue weighted by atomic mass is 10.5. The maximum Gasteiger partial charge on any atom is 0.306 e. The molecule has 0 aromatic heterocycles. The monoisotopic (exact) mass is 224 g/mol. The van der Waals surface area contributed by atoms with Crippen LogP contribution in [0.4, 0.5) is 0 Å². The van der Waals surface area contributed by atoms with Crippen LogP contribution in [0, 0.1) is 0 Å². The Balaban J connectivity index is 3.08. The highest BCUT2D eigenvalue weighted by Crippen LogP contribution is 2.22. The Morgan fingerprint density at radius 3 is 2.23 bits per heavy atom. The van der Waals surface area contributed by atoms with Crippen LogP contribution in [0.15, 0.2) is 0 Å². The number of aliphatic carboxylic acids is 1. The smallest absolute Gasteiger partial charge is 0.306 e. The van der Waals surface area contributed by atoms with E-state index in [1.807, 2.05) is 0 Å². The van der Waals surface area contributed by atoms with Crippen LogP contribution in [0.5, 0.6) is 0 Å². The Morgan fingerprint density at radius 2 is 1.77 bits per heavy atom. The standard InChI is InChI=1S/C7H12O4S2/c1-11-7(10)3-5-13-12-4-2-6(8)9/h2-5H2,1H3,(H,8,9). The summed E-state index contributed by atoms with van der Waals surface area (Å²) in [5.41, 5.74) is 0. The van der Waals surface area contributed by atoms with E-state index in [1.165, 1.54) is 28.7 Å². The van der Waals surface area contributed by atoms with E-state index in [4.69, 9.17) is 5.11 Å². The van der Waals surface area contributed by atoms with Crippen molar-refractivity contribution in [3.63, 3.8) is 0 Å². The van der Waals surface area contributed by atoms with Gasteiger partial charge in [-0.25, -0.2) is 0 Å². The van der Waals surface area contributed by atoms with E-state index in [1.54, 1.807) is 0 Å². The molecule has 0 aromatic carbocycles. The van der Waals surface area contributed by atoms with E-state index >= 15 is 0 Å². The zero-order valence-electron chi connectivity index (χ0n) is 7.32. The summed E-state index contributed by atoms with van der Waals surface area (Å²) in [6, 6.07) is 0. The number of esters is 1. The maximum atomic E-state index is 10.6. The second kappa shape index (κ2) is 8.25. The molecule has 6 heteroatoms. The van der Waals surface area contributed by atoms with Gasteiger partial charge in [0.05, 0.1) is 20.0 Å². The fourth-order valence-corrected chi connectivity index (χ4v) is 2.42. The highest BCUT2D eigenvalue weighted by molar-refractivity contribution is 8.76. The van der Waals surface area contributed by atoms with Crippen LogP contribution in [0.2, 0.25) is 0 Å². The number of ether oxygens (including phenoxy) is 1. The summed E-state index contributed by atoms with van der Waals surface area (Å²) in [5, 5.41) is 8.30. The molecule has 0 aliphatic carbocycles. The van der Waals surface area contributed by atoms with Crippen LogP contribution in [0.25, 0.3) is 0 Å². The minimum absolute atomic E-state index is 0.163. The third-order valence-electron chi connectivity index (χ3n) is 1.10. The third kappa shape index (κ3) is 9.55. The molecular formula is C7H12O4S2. The van der Waals surface area contributed by atoms with Crippen LogP contribution < -0.4 is 0 Å². The first-order valence-corrected chi connectivity index (χ1v) is 6.18. The molecule has 13 heavy (non-hydrogen) atoms. The van der Waals surface area contributed by atoms with Crippen molar-refractivity contribution in [2.75, 3.05) is 18.6 Å². The SMILES string of the molecule is COC(=O)CCSSCCC(=O)O. The average molecular weight is 224 g/mol. The molecular weight excluding hydrogens is 212 g/mol. The van der Waals surface area contributed by atoms with Crippen LogP contribution in [-0.2, 0) is 14.3 Å². The van der Waals surface area contributed by atoms with Gasteiger partial charge in [0.25, 0.3) is 0 Å². The quantitative estimate of drug-likeness (QED) is 0.401. The molecule has 0 saturated carbocycles. The van der Waals surface area contributed by atoms with E-state index in [9.17, 15) is 9.59 Å². The molecule has 0 unspecified atom stereocenters. The van der Waals surface area contributed by atoms with Gasteiger partial charge in [0.2, 0.25) is 0 Å². The first kappa shape index (κ1) is 12.6. The summed E-state index contributed by atoms with van der Waals surface area (Å²) in [4.78, 5) is 20.7. The van der Waals surface area contributed by atoms with E-state index in [-0.39, 0.29) is 12.4 Å². The largest absolute Gasteiger partial charge is 0.481 e. The lowest BCUT2D eigenvalue weighted by Gasteiger charge is -1.98. The molecule has 76 valence electrons. The van der Waals surface area contributed by atoms with Crippen LogP contribution in [0.3, 0.4) is 0 Å². The van der Waals surface area contributed by atoms with Gasteiger partial charge >= 0.3 is 11.9 Å². The number of carboxylic acids is 1. The number of hydrogen-bond donors (Lipinski definition) is 1. The van der Waals surface area contributed by atoms with Crippen molar-refractivity contribution in [2.24, 2.45) is 0 Å². The fourth-order valence-electron chi connectivity index (χ4n) is 0.474. The van der Waals surface area contributed by atoms with Gasteiger partial charge < -0.3 is 9.84 Å². The molecule has 4 nitrogen and oxygen atoms in total. The minimum Gasteiger partial charge on any atom is -0.481 e. The van der Waals surface area contributed by atoms with Crippen molar-refractivity contribution < 1.29 is 19.4 Å². The zero-order chi connectivity index (χ0) is 10.1. The van der Waals surface area contributed by atoms with Crippen LogP contribution >= 0.6 is 21.6 Å². The summed E-state index contributed by atoms with van der Waals surface area (Å²) in [6.45, 7) is 0. The number of carbonyl (C=O) groups is 2. The molecule has 0 saturated heterocycles. The maximum absolute atomic E-state index is 10.6. The Labute approximate surface area is 84.8 Å². The van der Waals surface area contributed by atoms with Crippen LogP contribution in [-0.4, -0.2) is 35.7 Å². The van der Waals surface area contributed by atoms with Crippen molar-refractivity contribution in [3.05, 3.63) is 0 Å². The lowest BCUT2D eigenvalue weighted by molar-refractivity contribution is -0.140. The summed E-state index contributed by atoms with van der Waals surface area (Å²) < 4.78 is 4.44. The number of rotatable bonds is 7. The number of carboxylic acid groups (broad SMARTS) is 1. The second-order valence-corrected chi connectivity index (χ2v) is 4.82. The topological polar surface area (TPSA) is 63.6 Å². The molecule has 0 heterocycles. The lowest BCUT2D eigenvalue weighted by Crippen LogP contribution is -2.00. The molecule has 0 bridgehead atoms. The molecule has 0 aromatic rings. The Kier molecular flexibility index (Phi) is 8.02. The molecule has 0 aliphatic heterocycles. The predicted octanol–water partition coefficient (Wildman–Crippen LogP) is 1.41.